The summed E-state index contributed by atoms with van der Waals surface area (Å²) in [5.74, 6) is -0.839. The lowest BCUT2D eigenvalue weighted by Gasteiger charge is -2.19. The molecule has 1 amide bonds. The predicted molar refractivity (Wildman–Crippen MR) is 102 cm³/mol. The Morgan fingerprint density at radius 3 is 2.27 bits per heavy atom. The number of carbonyl (C=O) groups is 2. The summed E-state index contributed by atoms with van der Waals surface area (Å²) in [6, 6.07) is 16.3. The Morgan fingerprint density at radius 1 is 1.08 bits per heavy atom. The number of hydrogen-bond acceptors (Lipinski definition) is 3. The first kappa shape index (κ1) is 18.7. The summed E-state index contributed by atoms with van der Waals surface area (Å²) < 4.78 is 4.50. The third kappa shape index (κ3) is 4.37. The van der Waals surface area contributed by atoms with Crippen LogP contribution < -0.4 is 0 Å². The molecule has 3 rings (SSSR count). The molecule has 0 spiro atoms. The fraction of sp³-hybridized carbons (Fsp3) is 0.300. The number of hydrogen-bond donors (Lipinski definition) is 0. The van der Waals surface area contributed by atoms with Gasteiger partial charge >= 0.3 is 5.97 Å². The minimum absolute atomic E-state index is 0.0570. The van der Waals surface area contributed by atoms with Gasteiger partial charge in [-0.25, -0.2) is 4.79 Å². The molecule has 0 aromatic heterocycles. The molecule has 0 N–H and O–H groups in total. The summed E-state index contributed by atoms with van der Waals surface area (Å²) in [4.78, 5) is 26.8. The first-order valence-corrected chi connectivity index (χ1v) is 9.07. The second-order valence-electron chi connectivity index (χ2n) is 6.45. The summed E-state index contributed by atoms with van der Waals surface area (Å²) in [6.07, 6.45) is 0.601. The van der Waals surface area contributed by atoms with E-state index in [0.717, 1.165) is 5.56 Å². The number of amides is 1. The zero-order chi connectivity index (χ0) is 18.7. The van der Waals surface area contributed by atoms with Crippen molar-refractivity contribution in [2.45, 2.75) is 17.3 Å². The molecular formula is C20H19Cl2NO3. The molecule has 1 aliphatic rings. The van der Waals surface area contributed by atoms with E-state index in [1.807, 2.05) is 30.3 Å². The van der Waals surface area contributed by atoms with E-state index in [4.69, 9.17) is 27.9 Å². The number of ether oxygens (including phenoxy) is 1. The molecular weight excluding hydrogens is 373 g/mol. The van der Waals surface area contributed by atoms with Gasteiger partial charge in [0.15, 0.2) is 0 Å². The van der Waals surface area contributed by atoms with Crippen LogP contribution in [0.15, 0.2) is 54.6 Å². The van der Waals surface area contributed by atoms with Gasteiger partial charge in [0.25, 0.3) is 5.91 Å². The summed E-state index contributed by atoms with van der Waals surface area (Å²) in [6.45, 7) is 0.598. The smallest absolute Gasteiger partial charge is 0.338 e. The molecule has 6 heteroatoms. The number of nitrogens with zero attached hydrogens (tertiary/aromatic N) is 1. The van der Waals surface area contributed by atoms with E-state index in [9.17, 15) is 9.59 Å². The lowest BCUT2D eigenvalue weighted by atomic mass is 10.1. The van der Waals surface area contributed by atoms with E-state index < -0.39 is 10.3 Å². The van der Waals surface area contributed by atoms with Crippen LogP contribution >= 0.6 is 23.2 Å². The molecule has 0 heterocycles. The Labute approximate surface area is 162 Å². The number of esters is 1. The highest BCUT2D eigenvalue weighted by Crippen LogP contribution is 2.53. The minimum Gasteiger partial charge on any atom is -0.462 e. The number of halogens is 2. The standard InChI is InChI=1S/C20H19Cl2NO3/c1-23(12-14-7-3-2-4-8-14)18(24)16-9-5-6-10-17(16)19(25)26-13-15-11-20(15,21)22/h2-10,15H,11-13H2,1H3. The molecule has 1 aliphatic carbocycles. The Hall–Kier alpha value is -2.04. The summed E-state index contributed by atoms with van der Waals surface area (Å²) in [5.41, 5.74) is 1.57. The van der Waals surface area contributed by atoms with Gasteiger partial charge in [0.1, 0.15) is 4.33 Å². The van der Waals surface area contributed by atoms with E-state index in [0.29, 0.717) is 18.5 Å². The molecule has 1 saturated carbocycles. The van der Waals surface area contributed by atoms with Crippen molar-refractivity contribution in [2.75, 3.05) is 13.7 Å². The number of carbonyl (C=O) groups excluding carboxylic acids is 2. The van der Waals surface area contributed by atoms with Crippen molar-refractivity contribution in [2.24, 2.45) is 5.92 Å². The lowest BCUT2D eigenvalue weighted by molar-refractivity contribution is 0.0479. The van der Waals surface area contributed by atoms with Gasteiger partial charge in [-0.1, -0.05) is 42.5 Å². The fourth-order valence-corrected chi connectivity index (χ4v) is 3.19. The molecule has 4 nitrogen and oxygen atoms in total. The summed E-state index contributed by atoms with van der Waals surface area (Å²) in [7, 11) is 1.71. The van der Waals surface area contributed by atoms with Gasteiger partial charge < -0.3 is 9.64 Å². The molecule has 1 unspecified atom stereocenters. The van der Waals surface area contributed by atoms with Crippen LogP contribution in [0.3, 0.4) is 0 Å². The Balaban J connectivity index is 1.69. The van der Waals surface area contributed by atoms with Crippen LogP contribution in [0.25, 0.3) is 0 Å². The number of benzene rings is 2. The van der Waals surface area contributed by atoms with Crippen LogP contribution in [0.1, 0.15) is 32.7 Å². The van der Waals surface area contributed by atoms with Crippen LogP contribution in [0, 0.1) is 5.92 Å². The zero-order valence-electron chi connectivity index (χ0n) is 14.3. The highest BCUT2D eigenvalue weighted by Gasteiger charge is 2.52. The lowest BCUT2D eigenvalue weighted by Crippen LogP contribution is -2.28. The highest BCUT2D eigenvalue weighted by molar-refractivity contribution is 6.50. The largest absolute Gasteiger partial charge is 0.462 e. The van der Waals surface area contributed by atoms with Crippen LogP contribution in [0.4, 0.5) is 0 Å². The molecule has 2 aromatic rings. The maximum Gasteiger partial charge on any atom is 0.338 e. The van der Waals surface area contributed by atoms with Gasteiger partial charge in [-0.05, 0) is 24.1 Å². The Morgan fingerprint density at radius 2 is 1.65 bits per heavy atom. The molecule has 0 aliphatic heterocycles. The molecule has 0 radical (unpaired) electrons. The minimum atomic E-state index is -0.800. The summed E-state index contributed by atoms with van der Waals surface area (Å²) >= 11 is 11.9. The fourth-order valence-electron chi connectivity index (χ4n) is 2.69. The van der Waals surface area contributed by atoms with Crippen molar-refractivity contribution in [3.8, 4) is 0 Å². The maximum absolute atomic E-state index is 12.8. The van der Waals surface area contributed by atoms with E-state index in [-0.39, 0.29) is 24.0 Å². The average molecular weight is 392 g/mol. The molecule has 136 valence electrons. The Bertz CT molecular complexity index is 808. The number of rotatable bonds is 6. The van der Waals surface area contributed by atoms with Crippen molar-refractivity contribution in [1.29, 1.82) is 0 Å². The monoisotopic (exact) mass is 391 g/mol. The van der Waals surface area contributed by atoms with Gasteiger partial charge in [-0.2, -0.15) is 0 Å². The van der Waals surface area contributed by atoms with E-state index >= 15 is 0 Å². The third-order valence-electron chi connectivity index (χ3n) is 4.36. The van der Waals surface area contributed by atoms with Crippen molar-refractivity contribution in [1.82, 2.24) is 4.90 Å². The first-order chi connectivity index (χ1) is 12.4. The molecule has 0 bridgehead atoms. The van der Waals surface area contributed by atoms with Gasteiger partial charge in [-0.3, -0.25) is 4.79 Å². The van der Waals surface area contributed by atoms with E-state index in [2.05, 4.69) is 0 Å². The molecule has 1 fully saturated rings. The van der Waals surface area contributed by atoms with E-state index in [1.54, 1.807) is 36.2 Å². The van der Waals surface area contributed by atoms with Gasteiger partial charge in [0.05, 0.1) is 17.7 Å². The summed E-state index contributed by atoms with van der Waals surface area (Å²) in [5, 5.41) is 0. The van der Waals surface area contributed by atoms with Crippen LogP contribution in [-0.2, 0) is 11.3 Å². The quantitative estimate of drug-likeness (QED) is 0.544. The molecule has 26 heavy (non-hydrogen) atoms. The Kier molecular flexibility index (Phi) is 5.54. The number of alkyl halides is 2. The zero-order valence-corrected chi connectivity index (χ0v) is 15.8. The van der Waals surface area contributed by atoms with Crippen LogP contribution in [0.5, 0.6) is 0 Å². The first-order valence-electron chi connectivity index (χ1n) is 8.32. The second-order valence-corrected chi connectivity index (χ2v) is 8.00. The van der Waals surface area contributed by atoms with Gasteiger partial charge in [-0.15, -0.1) is 23.2 Å². The SMILES string of the molecule is CN(Cc1ccccc1)C(=O)c1ccccc1C(=O)OCC1CC1(Cl)Cl. The molecule has 0 saturated heterocycles. The molecule has 2 aromatic carbocycles. The van der Waals surface area contributed by atoms with Crippen molar-refractivity contribution in [3.63, 3.8) is 0 Å². The van der Waals surface area contributed by atoms with Crippen molar-refractivity contribution >= 4 is 35.1 Å². The maximum atomic E-state index is 12.8. The third-order valence-corrected chi connectivity index (χ3v) is 5.28. The average Bonchev–Trinajstić information content (AvgIpc) is 3.26. The molecule has 1 atom stereocenters. The highest BCUT2D eigenvalue weighted by atomic mass is 35.5. The van der Waals surface area contributed by atoms with Crippen LogP contribution in [-0.4, -0.2) is 34.8 Å². The normalized spacial score (nSPS) is 17.4. The second kappa shape index (κ2) is 7.68. The van der Waals surface area contributed by atoms with Crippen molar-refractivity contribution < 1.29 is 14.3 Å². The van der Waals surface area contributed by atoms with Gasteiger partial charge in [0.2, 0.25) is 0 Å². The predicted octanol–water partition coefficient (Wildman–Crippen LogP) is 4.31. The van der Waals surface area contributed by atoms with Gasteiger partial charge in [0, 0.05) is 19.5 Å². The van der Waals surface area contributed by atoms with E-state index in [1.165, 1.54) is 0 Å². The van der Waals surface area contributed by atoms with Crippen LogP contribution in [0.2, 0.25) is 0 Å². The topological polar surface area (TPSA) is 46.6 Å². The van der Waals surface area contributed by atoms with Crippen molar-refractivity contribution in [3.05, 3.63) is 71.3 Å².